The van der Waals surface area contributed by atoms with Crippen molar-refractivity contribution in [2.45, 2.75) is 38.8 Å². The molecule has 0 radical (unpaired) electrons. The fraction of sp³-hybridized carbons (Fsp3) is 0.615. The fourth-order valence-corrected chi connectivity index (χ4v) is 2.31. The molecule has 2 heterocycles. The second-order valence-electron chi connectivity index (χ2n) is 5.45. The molecule has 1 saturated heterocycles. The minimum absolute atomic E-state index is 0.0428. The summed E-state index contributed by atoms with van der Waals surface area (Å²) in [6.07, 6.45) is 4.24. The van der Waals surface area contributed by atoms with E-state index >= 15 is 0 Å². The number of carbonyl (C=O) groups is 2. The molecule has 0 aliphatic carbocycles. The van der Waals surface area contributed by atoms with Gasteiger partial charge in [0.1, 0.15) is 17.4 Å². The maximum atomic E-state index is 12.2. The lowest BCUT2D eigenvalue weighted by atomic mass is 9.96. The summed E-state index contributed by atoms with van der Waals surface area (Å²) in [6, 6.07) is -0.457. The second-order valence-corrected chi connectivity index (χ2v) is 5.45. The van der Waals surface area contributed by atoms with Crippen molar-refractivity contribution >= 4 is 11.8 Å². The molecule has 2 rings (SSSR count). The topological polar surface area (TPSA) is 67.2 Å². The zero-order valence-electron chi connectivity index (χ0n) is 11.8. The molecule has 2 amide bonds. The van der Waals surface area contributed by atoms with Gasteiger partial charge in [-0.15, -0.1) is 0 Å². The monoisotopic (exact) mass is 264 g/mol. The number of hydrogen-bond donors (Lipinski definition) is 1. The normalized spacial score (nSPS) is 22.5. The van der Waals surface area contributed by atoms with Crippen molar-refractivity contribution in [3.05, 3.63) is 18.2 Å². The average molecular weight is 264 g/mol. The Morgan fingerprint density at radius 2 is 2.11 bits per heavy atom. The maximum Gasteiger partial charge on any atom is 0.246 e. The van der Waals surface area contributed by atoms with E-state index in [0.29, 0.717) is 13.0 Å². The molecule has 1 aromatic heterocycles. The van der Waals surface area contributed by atoms with Crippen LogP contribution >= 0.6 is 0 Å². The van der Waals surface area contributed by atoms with Crippen molar-refractivity contribution in [1.29, 1.82) is 0 Å². The highest BCUT2D eigenvalue weighted by Gasteiger charge is 2.44. The minimum atomic E-state index is -0.811. The average Bonchev–Trinajstić information content (AvgIpc) is 2.73. The lowest BCUT2D eigenvalue weighted by molar-refractivity contribution is -0.154. The Bertz CT molecular complexity index is 506. The van der Waals surface area contributed by atoms with Gasteiger partial charge in [-0.25, -0.2) is 4.98 Å². The van der Waals surface area contributed by atoms with Crippen LogP contribution in [-0.2, 0) is 23.1 Å². The van der Waals surface area contributed by atoms with E-state index in [0.717, 1.165) is 5.82 Å². The van der Waals surface area contributed by atoms with Crippen molar-refractivity contribution in [2.24, 2.45) is 7.05 Å². The third-order valence-electron chi connectivity index (χ3n) is 3.69. The summed E-state index contributed by atoms with van der Waals surface area (Å²) in [7, 11) is 1.92. The first-order valence-electron chi connectivity index (χ1n) is 6.42. The van der Waals surface area contributed by atoms with E-state index in [4.69, 9.17) is 0 Å². The van der Waals surface area contributed by atoms with Crippen LogP contribution in [0.25, 0.3) is 0 Å². The van der Waals surface area contributed by atoms with Crippen LogP contribution in [0.3, 0.4) is 0 Å². The third kappa shape index (κ3) is 2.34. The van der Waals surface area contributed by atoms with Gasteiger partial charge in [0.2, 0.25) is 11.8 Å². The molecule has 1 aromatic rings. The van der Waals surface area contributed by atoms with E-state index in [1.54, 1.807) is 31.9 Å². The number of amides is 2. The van der Waals surface area contributed by atoms with Crippen molar-refractivity contribution in [2.75, 3.05) is 6.54 Å². The van der Waals surface area contributed by atoms with Gasteiger partial charge in [-0.2, -0.15) is 0 Å². The first-order valence-corrected chi connectivity index (χ1v) is 6.42. The number of aryl methyl sites for hydroxylation is 1. The predicted octanol–water partition coefficient (Wildman–Crippen LogP) is 0.0881. The summed E-state index contributed by atoms with van der Waals surface area (Å²) in [6.45, 7) is 5.74. The molecule has 1 aliphatic rings. The highest BCUT2D eigenvalue weighted by molar-refractivity contribution is 5.99. The Kier molecular flexibility index (Phi) is 3.34. The Labute approximate surface area is 112 Å². The van der Waals surface area contributed by atoms with Gasteiger partial charge < -0.3 is 14.8 Å². The zero-order valence-corrected chi connectivity index (χ0v) is 11.8. The molecule has 104 valence electrons. The molecule has 1 fully saturated rings. The molecule has 6 nitrogen and oxygen atoms in total. The number of nitrogens with one attached hydrogen (secondary N) is 1. The number of rotatable bonds is 3. The molecule has 1 unspecified atom stereocenters. The number of nitrogens with zero attached hydrogens (tertiary/aromatic N) is 3. The molecular formula is C13H20N4O2. The van der Waals surface area contributed by atoms with Crippen molar-refractivity contribution < 1.29 is 9.59 Å². The number of imidazole rings is 1. The predicted molar refractivity (Wildman–Crippen MR) is 70.3 cm³/mol. The summed E-state index contributed by atoms with van der Waals surface area (Å²) in [4.78, 5) is 30.1. The van der Waals surface area contributed by atoms with Crippen LogP contribution in [0.1, 0.15) is 26.6 Å². The van der Waals surface area contributed by atoms with Gasteiger partial charge in [0.25, 0.3) is 0 Å². The molecule has 1 atom stereocenters. The van der Waals surface area contributed by atoms with Crippen LogP contribution in [0.15, 0.2) is 12.4 Å². The van der Waals surface area contributed by atoms with E-state index in [2.05, 4.69) is 10.3 Å². The summed E-state index contributed by atoms with van der Waals surface area (Å²) < 4.78 is 1.92. The molecule has 0 aromatic carbocycles. The summed E-state index contributed by atoms with van der Waals surface area (Å²) >= 11 is 0. The Morgan fingerprint density at radius 1 is 1.42 bits per heavy atom. The van der Waals surface area contributed by atoms with Gasteiger partial charge in [-0.05, 0) is 20.8 Å². The van der Waals surface area contributed by atoms with Crippen LogP contribution in [0.4, 0.5) is 0 Å². The van der Waals surface area contributed by atoms with Crippen LogP contribution in [0.5, 0.6) is 0 Å². The van der Waals surface area contributed by atoms with Gasteiger partial charge in [0, 0.05) is 32.4 Å². The third-order valence-corrected chi connectivity index (χ3v) is 3.69. The Morgan fingerprint density at radius 3 is 2.68 bits per heavy atom. The molecular weight excluding hydrogens is 244 g/mol. The first-order chi connectivity index (χ1) is 8.84. The SMILES string of the molecule is CC1NC(=O)C(C)(C)N(CCc2nccn2C)C1=O. The Hall–Kier alpha value is -1.85. The van der Waals surface area contributed by atoms with Crippen LogP contribution in [-0.4, -0.2) is 44.4 Å². The summed E-state index contributed by atoms with van der Waals surface area (Å²) in [5.41, 5.74) is -0.811. The van der Waals surface area contributed by atoms with E-state index in [-0.39, 0.29) is 11.8 Å². The van der Waals surface area contributed by atoms with Crippen molar-refractivity contribution in [3.63, 3.8) is 0 Å². The quantitative estimate of drug-likeness (QED) is 0.841. The fourth-order valence-electron chi connectivity index (χ4n) is 2.31. The highest BCUT2D eigenvalue weighted by Crippen LogP contribution is 2.21. The van der Waals surface area contributed by atoms with Crippen LogP contribution in [0, 0.1) is 0 Å². The Balaban J connectivity index is 2.14. The summed E-state index contributed by atoms with van der Waals surface area (Å²) in [5.74, 6) is 0.750. The van der Waals surface area contributed by atoms with Gasteiger partial charge in [-0.3, -0.25) is 9.59 Å². The number of carbonyl (C=O) groups excluding carboxylic acids is 2. The van der Waals surface area contributed by atoms with E-state index in [9.17, 15) is 9.59 Å². The van der Waals surface area contributed by atoms with E-state index in [1.165, 1.54) is 0 Å². The molecule has 6 heteroatoms. The molecule has 1 aliphatic heterocycles. The smallest absolute Gasteiger partial charge is 0.246 e. The molecule has 19 heavy (non-hydrogen) atoms. The highest BCUT2D eigenvalue weighted by atomic mass is 16.2. The van der Waals surface area contributed by atoms with Gasteiger partial charge in [-0.1, -0.05) is 0 Å². The van der Waals surface area contributed by atoms with Crippen molar-refractivity contribution in [3.8, 4) is 0 Å². The van der Waals surface area contributed by atoms with Crippen LogP contribution in [0.2, 0.25) is 0 Å². The second kappa shape index (κ2) is 4.68. The lowest BCUT2D eigenvalue weighted by Gasteiger charge is -2.43. The molecule has 0 bridgehead atoms. The number of aromatic nitrogens is 2. The van der Waals surface area contributed by atoms with E-state index in [1.807, 2.05) is 17.8 Å². The molecule has 1 N–H and O–H groups in total. The minimum Gasteiger partial charge on any atom is -0.343 e. The van der Waals surface area contributed by atoms with E-state index < -0.39 is 11.6 Å². The summed E-state index contributed by atoms with van der Waals surface area (Å²) in [5, 5.41) is 2.70. The van der Waals surface area contributed by atoms with Crippen LogP contribution < -0.4 is 5.32 Å². The first kappa shape index (κ1) is 13.6. The van der Waals surface area contributed by atoms with Gasteiger partial charge >= 0.3 is 0 Å². The molecule has 0 spiro atoms. The van der Waals surface area contributed by atoms with Crippen molar-refractivity contribution in [1.82, 2.24) is 19.8 Å². The maximum absolute atomic E-state index is 12.2. The molecule has 0 saturated carbocycles. The lowest BCUT2D eigenvalue weighted by Crippen LogP contribution is -2.67. The largest absolute Gasteiger partial charge is 0.343 e. The number of piperazine rings is 1. The standard InChI is InChI=1S/C13H20N4O2/c1-9-11(18)17(13(2,3)12(19)15-9)7-5-10-14-6-8-16(10)4/h6,8-9H,5,7H2,1-4H3,(H,15,19). The van der Waals surface area contributed by atoms with Gasteiger partial charge in [0.05, 0.1) is 0 Å². The van der Waals surface area contributed by atoms with Gasteiger partial charge in [0.15, 0.2) is 0 Å². The zero-order chi connectivity index (χ0) is 14.2. The number of hydrogen-bond acceptors (Lipinski definition) is 3.